The van der Waals surface area contributed by atoms with Crippen LogP contribution in [0.1, 0.15) is 25.8 Å². The van der Waals surface area contributed by atoms with Gasteiger partial charge in [0.25, 0.3) is 0 Å². The molecule has 0 aliphatic carbocycles. The monoisotopic (exact) mass is 246 g/mol. The maximum Gasteiger partial charge on any atom is 0.231 e. The first-order valence-corrected chi connectivity index (χ1v) is 6.11. The third-order valence-corrected chi connectivity index (χ3v) is 3.13. The molecule has 0 saturated heterocycles. The average Bonchev–Trinajstić information content (AvgIpc) is 2.82. The molecule has 1 aromatic rings. The summed E-state index contributed by atoms with van der Waals surface area (Å²) in [7, 11) is 0. The summed E-state index contributed by atoms with van der Waals surface area (Å²) in [5.74, 6) is 1.63. The minimum absolute atomic E-state index is 0.00354. The molecule has 1 heterocycles. The average molecular weight is 246 g/mol. The van der Waals surface area contributed by atoms with Crippen LogP contribution in [-0.4, -0.2) is 19.9 Å². The predicted molar refractivity (Wildman–Crippen MR) is 68.7 cm³/mol. The van der Waals surface area contributed by atoms with Gasteiger partial charge >= 0.3 is 0 Å². The highest BCUT2D eigenvalue weighted by Crippen LogP contribution is 2.36. The lowest BCUT2D eigenvalue weighted by atomic mass is 9.84. The van der Waals surface area contributed by atoms with Crippen LogP contribution in [0.15, 0.2) is 18.2 Å². The zero-order chi connectivity index (χ0) is 13.0. The Labute approximate surface area is 108 Å². The third kappa shape index (κ3) is 2.74. The number of rotatable bonds is 5. The molecule has 96 valence electrons. The fourth-order valence-corrected chi connectivity index (χ4v) is 1.96. The van der Waals surface area contributed by atoms with Crippen LogP contribution >= 0.6 is 0 Å². The van der Waals surface area contributed by atoms with Crippen LogP contribution in [0.4, 0.5) is 0 Å². The van der Waals surface area contributed by atoms with Gasteiger partial charge in [-0.3, -0.25) is 0 Å². The van der Waals surface area contributed by atoms with Gasteiger partial charge in [0.05, 0.1) is 6.07 Å². The molecule has 1 aromatic carbocycles. The predicted octanol–water partition coefficient (Wildman–Crippen LogP) is 2.20. The summed E-state index contributed by atoms with van der Waals surface area (Å²) >= 11 is 0. The van der Waals surface area contributed by atoms with Crippen LogP contribution in [0.5, 0.6) is 11.5 Å². The Kier molecular flexibility index (Phi) is 3.73. The van der Waals surface area contributed by atoms with E-state index >= 15 is 0 Å². The molecule has 0 amide bonds. The molecule has 2 rings (SSSR count). The molecule has 0 spiro atoms. The van der Waals surface area contributed by atoms with Gasteiger partial charge < -0.3 is 14.8 Å². The molecule has 4 nitrogen and oxygen atoms in total. The van der Waals surface area contributed by atoms with Gasteiger partial charge in [0.2, 0.25) is 6.79 Å². The van der Waals surface area contributed by atoms with E-state index in [1.165, 1.54) is 5.56 Å². The van der Waals surface area contributed by atoms with Gasteiger partial charge in [-0.05, 0) is 17.7 Å². The Morgan fingerprint density at radius 3 is 2.89 bits per heavy atom. The molecule has 1 aliphatic rings. The van der Waals surface area contributed by atoms with Crippen LogP contribution in [0.25, 0.3) is 0 Å². The van der Waals surface area contributed by atoms with E-state index in [0.29, 0.717) is 13.2 Å². The maximum atomic E-state index is 8.50. The molecular weight excluding hydrogens is 228 g/mol. The van der Waals surface area contributed by atoms with E-state index in [1.54, 1.807) is 0 Å². The lowest BCUT2D eigenvalue weighted by Gasteiger charge is -2.25. The van der Waals surface area contributed by atoms with Gasteiger partial charge in [-0.15, -0.1) is 0 Å². The van der Waals surface area contributed by atoms with Crippen molar-refractivity contribution >= 4 is 0 Å². The first-order valence-electron chi connectivity index (χ1n) is 6.11. The first-order chi connectivity index (χ1) is 8.63. The van der Waals surface area contributed by atoms with Crippen molar-refractivity contribution in [1.82, 2.24) is 5.32 Å². The maximum absolute atomic E-state index is 8.50. The Morgan fingerprint density at radius 2 is 2.11 bits per heavy atom. The van der Waals surface area contributed by atoms with Crippen molar-refractivity contribution in [3.8, 4) is 17.6 Å². The van der Waals surface area contributed by atoms with E-state index in [9.17, 15) is 0 Å². The first kappa shape index (κ1) is 12.7. The Morgan fingerprint density at radius 1 is 1.33 bits per heavy atom. The second kappa shape index (κ2) is 5.28. The SMILES string of the molecule is CC(C)(CNCCC#N)c1ccc2c(c1)OCO2. The van der Waals surface area contributed by atoms with E-state index < -0.39 is 0 Å². The summed E-state index contributed by atoms with van der Waals surface area (Å²) in [6.07, 6.45) is 0.539. The molecule has 0 unspecified atom stereocenters. The van der Waals surface area contributed by atoms with E-state index in [1.807, 2.05) is 12.1 Å². The summed E-state index contributed by atoms with van der Waals surface area (Å²) in [6, 6.07) is 8.19. The Hall–Kier alpha value is -1.73. The Balaban J connectivity index is 2.03. The fourth-order valence-electron chi connectivity index (χ4n) is 1.96. The minimum atomic E-state index is -0.00354. The number of nitriles is 1. The van der Waals surface area contributed by atoms with Crippen molar-refractivity contribution < 1.29 is 9.47 Å². The van der Waals surface area contributed by atoms with E-state index in [-0.39, 0.29) is 5.41 Å². The number of ether oxygens (including phenoxy) is 2. The standard InChI is InChI=1S/C14H18N2O2/c1-14(2,9-16-7-3-6-15)11-4-5-12-13(8-11)18-10-17-12/h4-5,8,16H,3,7,9-10H2,1-2H3. The lowest BCUT2D eigenvalue weighted by Crippen LogP contribution is -2.33. The van der Waals surface area contributed by atoms with Gasteiger partial charge in [0.1, 0.15) is 0 Å². The molecule has 4 heteroatoms. The van der Waals surface area contributed by atoms with Crippen LogP contribution in [-0.2, 0) is 5.41 Å². The Bertz CT molecular complexity index is 463. The molecule has 0 atom stereocenters. The second-order valence-corrected chi connectivity index (χ2v) is 5.04. The zero-order valence-electron chi connectivity index (χ0n) is 10.8. The van der Waals surface area contributed by atoms with Crippen molar-refractivity contribution in [3.05, 3.63) is 23.8 Å². The van der Waals surface area contributed by atoms with Crippen molar-refractivity contribution in [3.63, 3.8) is 0 Å². The summed E-state index contributed by atoms with van der Waals surface area (Å²) < 4.78 is 10.7. The van der Waals surface area contributed by atoms with Gasteiger partial charge in [0.15, 0.2) is 11.5 Å². The van der Waals surface area contributed by atoms with Gasteiger partial charge in [-0.2, -0.15) is 5.26 Å². The van der Waals surface area contributed by atoms with Crippen molar-refractivity contribution in [2.75, 3.05) is 19.9 Å². The molecule has 18 heavy (non-hydrogen) atoms. The molecule has 0 aromatic heterocycles. The van der Waals surface area contributed by atoms with Crippen LogP contribution in [0, 0.1) is 11.3 Å². The molecular formula is C14H18N2O2. The molecule has 1 N–H and O–H groups in total. The van der Waals surface area contributed by atoms with Crippen molar-refractivity contribution in [2.45, 2.75) is 25.7 Å². The molecule has 1 aliphatic heterocycles. The summed E-state index contributed by atoms with van der Waals surface area (Å²) in [5.41, 5.74) is 1.20. The smallest absolute Gasteiger partial charge is 0.231 e. The summed E-state index contributed by atoms with van der Waals surface area (Å²) in [6.45, 7) is 6.20. The number of hydrogen-bond acceptors (Lipinski definition) is 4. The number of nitrogens with zero attached hydrogens (tertiary/aromatic N) is 1. The highest BCUT2D eigenvalue weighted by Gasteiger charge is 2.23. The fraction of sp³-hybridized carbons (Fsp3) is 0.500. The van der Waals surface area contributed by atoms with Crippen LogP contribution in [0.3, 0.4) is 0 Å². The topological polar surface area (TPSA) is 54.3 Å². The van der Waals surface area contributed by atoms with Gasteiger partial charge in [-0.1, -0.05) is 19.9 Å². The summed E-state index contributed by atoms with van der Waals surface area (Å²) in [4.78, 5) is 0. The largest absolute Gasteiger partial charge is 0.454 e. The normalized spacial score (nSPS) is 13.4. The second-order valence-electron chi connectivity index (χ2n) is 5.04. The van der Waals surface area contributed by atoms with Gasteiger partial charge in [-0.25, -0.2) is 0 Å². The number of fused-ring (bicyclic) bond motifs is 1. The molecule has 0 saturated carbocycles. The highest BCUT2D eigenvalue weighted by molar-refractivity contribution is 5.46. The molecule has 0 bridgehead atoms. The van der Waals surface area contributed by atoms with Crippen molar-refractivity contribution in [2.24, 2.45) is 0 Å². The van der Waals surface area contributed by atoms with E-state index in [0.717, 1.165) is 24.6 Å². The van der Waals surface area contributed by atoms with E-state index in [2.05, 4.69) is 31.3 Å². The lowest BCUT2D eigenvalue weighted by molar-refractivity contribution is 0.174. The quantitative estimate of drug-likeness (QED) is 0.809. The van der Waals surface area contributed by atoms with Crippen molar-refractivity contribution in [1.29, 1.82) is 5.26 Å². The third-order valence-electron chi connectivity index (χ3n) is 3.13. The van der Waals surface area contributed by atoms with Gasteiger partial charge in [0, 0.05) is 24.9 Å². The van der Waals surface area contributed by atoms with Crippen LogP contribution in [0.2, 0.25) is 0 Å². The molecule has 0 fully saturated rings. The minimum Gasteiger partial charge on any atom is -0.454 e. The highest BCUT2D eigenvalue weighted by atomic mass is 16.7. The van der Waals surface area contributed by atoms with E-state index in [4.69, 9.17) is 14.7 Å². The molecule has 0 radical (unpaired) electrons. The number of benzene rings is 1. The summed E-state index contributed by atoms with van der Waals surface area (Å²) in [5, 5.41) is 11.8. The van der Waals surface area contributed by atoms with Crippen LogP contribution < -0.4 is 14.8 Å². The number of hydrogen-bond donors (Lipinski definition) is 1. The number of nitrogens with one attached hydrogen (secondary N) is 1. The zero-order valence-corrected chi connectivity index (χ0v) is 10.8.